The number of hydrogen-bond acceptors (Lipinski definition) is 5. The highest BCUT2D eigenvalue weighted by Crippen LogP contribution is 2.27. The lowest BCUT2D eigenvalue weighted by Crippen LogP contribution is -2.25. The number of carbonyl (C=O) groups is 1. The van der Waals surface area contributed by atoms with Crippen molar-refractivity contribution in [1.29, 1.82) is 0 Å². The highest BCUT2D eigenvalue weighted by atomic mass is 35.7. The van der Waals surface area contributed by atoms with Gasteiger partial charge >= 0.3 is 0 Å². The Morgan fingerprint density at radius 2 is 2.17 bits per heavy atom. The Balaban J connectivity index is 1.75. The highest BCUT2D eigenvalue weighted by molar-refractivity contribution is 8.13. The molecule has 1 aromatic carbocycles. The minimum atomic E-state index is -3.60. The normalized spacial score (nSPS) is 18.6. The molecule has 1 atom stereocenters. The Labute approximate surface area is 138 Å². The molecule has 2 heterocycles. The molecule has 1 amide bonds. The van der Waals surface area contributed by atoms with Crippen molar-refractivity contribution in [3.05, 3.63) is 42.5 Å². The van der Waals surface area contributed by atoms with Crippen LogP contribution in [0.1, 0.15) is 12.0 Å². The van der Waals surface area contributed by atoms with Gasteiger partial charge in [-0.25, -0.2) is 18.1 Å². The van der Waals surface area contributed by atoms with Crippen LogP contribution in [0, 0.1) is 5.92 Å². The largest absolute Gasteiger partial charge is 0.312 e. The molecule has 1 aromatic heterocycles. The maximum absolute atomic E-state index is 12.2. The van der Waals surface area contributed by atoms with Crippen molar-refractivity contribution in [2.45, 2.75) is 13.0 Å². The third kappa shape index (κ3) is 4.08. The van der Waals surface area contributed by atoms with Crippen molar-refractivity contribution in [1.82, 2.24) is 14.8 Å². The minimum Gasteiger partial charge on any atom is -0.312 e. The van der Waals surface area contributed by atoms with Gasteiger partial charge in [-0.2, -0.15) is 5.10 Å². The van der Waals surface area contributed by atoms with E-state index < -0.39 is 9.05 Å². The molecule has 1 aliphatic rings. The molecule has 7 nitrogen and oxygen atoms in total. The van der Waals surface area contributed by atoms with Crippen molar-refractivity contribution in [3.8, 4) is 0 Å². The van der Waals surface area contributed by atoms with E-state index in [-0.39, 0.29) is 24.0 Å². The Hall–Kier alpha value is -1.93. The molecular formula is C14H15ClN4O3S. The number of anilines is 1. The molecule has 122 valence electrons. The summed E-state index contributed by atoms with van der Waals surface area (Å²) in [6.45, 7) is 0.910. The van der Waals surface area contributed by atoms with Gasteiger partial charge in [-0.15, -0.1) is 0 Å². The summed E-state index contributed by atoms with van der Waals surface area (Å²) in [6, 6.07) is 7.53. The number of aromatic nitrogens is 3. The molecular weight excluding hydrogens is 340 g/mol. The molecule has 3 rings (SSSR count). The second-order valence-corrected chi connectivity index (χ2v) is 8.36. The van der Waals surface area contributed by atoms with E-state index in [0.29, 0.717) is 13.1 Å². The van der Waals surface area contributed by atoms with Gasteiger partial charge in [0, 0.05) is 35.3 Å². The first kappa shape index (κ1) is 15.9. The molecule has 2 aromatic rings. The van der Waals surface area contributed by atoms with Crippen LogP contribution in [0.5, 0.6) is 0 Å². The third-order valence-electron chi connectivity index (χ3n) is 3.67. The van der Waals surface area contributed by atoms with Crippen LogP contribution in [0.2, 0.25) is 0 Å². The lowest BCUT2D eigenvalue weighted by atomic mass is 10.1. The Bertz CT molecular complexity index is 807. The molecule has 0 aliphatic carbocycles. The first-order valence-electron chi connectivity index (χ1n) is 7.05. The molecule has 0 radical (unpaired) electrons. The monoisotopic (exact) mass is 354 g/mol. The van der Waals surface area contributed by atoms with E-state index >= 15 is 0 Å². The van der Waals surface area contributed by atoms with Crippen LogP contribution < -0.4 is 4.90 Å². The van der Waals surface area contributed by atoms with Crippen molar-refractivity contribution in [2.75, 3.05) is 17.2 Å². The number of amides is 1. The summed E-state index contributed by atoms with van der Waals surface area (Å²) in [4.78, 5) is 17.7. The van der Waals surface area contributed by atoms with E-state index in [1.54, 1.807) is 15.9 Å². The number of benzene rings is 1. The van der Waals surface area contributed by atoms with Crippen LogP contribution in [-0.2, 0) is 20.4 Å². The van der Waals surface area contributed by atoms with Crippen LogP contribution in [0.4, 0.5) is 5.69 Å². The molecule has 0 spiro atoms. The van der Waals surface area contributed by atoms with Crippen molar-refractivity contribution < 1.29 is 13.2 Å². The summed E-state index contributed by atoms with van der Waals surface area (Å²) in [7, 11) is 1.68. The molecule has 9 heteroatoms. The summed E-state index contributed by atoms with van der Waals surface area (Å²) in [5.74, 6) is -0.549. The maximum Gasteiger partial charge on any atom is 0.232 e. The molecule has 1 unspecified atom stereocenters. The fourth-order valence-electron chi connectivity index (χ4n) is 2.75. The Kier molecular flexibility index (Phi) is 4.36. The topological polar surface area (TPSA) is 85.2 Å². The molecule has 0 N–H and O–H groups in total. The summed E-state index contributed by atoms with van der Waals surface area (Å²) < 4.78 is 24.1. The average Bonchev–Trinajstić information content (AvgIpc) is 3.07. The van der Waals surface area contributed by atoms with E-state index in [1.807, 2.05) is 24.3 Å². The zero-order chi connectivity index (χ0) is 16.4. The SMILES string of the molecule is O=C1CC(CS(=O)(=O)Cl)CN1c1cccc(Cn2cncn2)c1. The summed E-state index contributed by atoms with van der Waals surface area (Å²) in [5.41, 5.74) is 1.73. The Morgan fingerprint density at radius 3 is 2.87 bits per heavy atom. The van der Waals surface area contributed by atoms with Crippen LogP contribution in [0.15, 0.2) is 36.9 Å². The fraction of sp³-hybridized carbons (Fsp3) is 0.357. The van der Waals surface area contributed by atoms with Gasteiger partial charge in [-0.3, -0.25) is 4.79 Å². The summed E-state index contributed by atoms with van der Waals surface area (Å²) in [5, 5.41) is 4.05. The highest BCUT2D eigenvalue weighted by Gasteiger charge is 2.33. The van der Waals surface area contributed by atoms with Crippen molar-refractivity contribution >= 4 is 31.3 Å². The van der Waals surface area contributed by atoms with Crippen LogP contribution in [0.3, 0.4) is 0 Å². The fourth-order valence-corrected chi connectivity index (χ4v) is 4.07. The molecule has 0 bridgehead atoms. The predicted octanol–water partition coefficient (Wildman–Crippen LogP) is 1.25. The Morgan fingerprint density at radius 1 is 1.35 bits per heavy atom. The lowest BCUT2D eigenvalue weighted by molar-refractivity contribution is -0.117. The van der Waals surface area contributed by atoms with Gasteiger partial charge < -0.3 is 4.90 Å². The van der Waals surface area contributed by atoms with Crippen LogP contribution >= 0.6 is 10.7 Å². The van der Waals surface area contributed by atoms with Crippen molar-refractivity contribution in [3.63, 3.8) is 0 Å². The zero-order valence-electron chi connectivity index (χ0n) is 12.2. The quantitative estimate of drug-likeness (QED) is 0.754. The van der Waals surface area contributed by atoms with E-state index in [4.69, 9.17) is 10.7 Å². The van der Waals surface area contributed by atoms with E-state index in [1.165, 1.54) is 6.33 Å². The van der Waals surface area contributed by atoms with E-state index in [0.717, 1.165) is 11.3 Å². The predicted molar refractivity (Wildman–Crippen MR) is 85.7 cm³/mol. The van der Waals surface area contributed by atoms with Gasteiger partial charge in [0.2, 0.25) is 15.0 Å². The van der Waals surface area contributed by atoms with E-state index in [2.05, 4.69) is 10.1 Å². The minimum absolute atomic E-state index is 0.0896. The molecule has 1 saturated heterocycles. The summed E-state index contributed by atoms with van der Waals surface area (Å²) >= 11 is 0. The van der Waals surface area contributed by atoms with Crippen molar-refractivity contribution in [2.24, 2.45) is 5.92 Å². The molecule has 1 fully saturated rings. The first-order valence-corrected chi connectivity index (χ1v) is 9.52. The number of carbonyl (C=O) groups excluding carboxylic acids is 1. The molecule has 0 saturated carbocycles. The van der Waals surface area contributed by atoms with Gasteiger partial charge in [0.05, 0.1) is 12.3 Å². The number of rotatable bonds is 5. The van der Waals surface area contributed by atoms with E-state index in [9.17, 15) is 13.2 Å². The first-order chi connectivity index (χ1) is 10.9. The lowest BCUT2D eigenvalue weighted by Gasteiger charge is -2.17. The van der Waals surface area contributed by atoms with Gasteiger partial charge in [0.25, 0.3) is 0 Å². The molecule has 1 aliphatic heterocycles. The van der Waals surface area contributed by atoms with Gasteiger partial charge in [-0.1, -0.05) is 12.1 Å². The average molecular weight is 355 g/mol. The number of halogens is 1. The smallest absolute Gasteiger partial charge is 0.232 e. The zero-order valence-corrected chi connectivity index (χ0v) is 13.7. The van der Waals surface area contributed by atoms with Gasteiger partial charge in [0.1, 0.15) is 12.7 Å². The van der Waals surface area contributed by atoms with Gasteiger partial charge in [-0.05, 0) is 17.7 Å². The molecule has 23 heavy (non-hydrogen) atoms. The van der Waals surface area contributed by atoms with Gasteiger partial charge in [0.15, 0.2) is 0 Å². The summed E-state index contributed by atoms with van der Waals surface area (Å²) in [6.07, 6.45) is 3.28. The maximum atomic E-state index is 12.2. The second kappa shape index (κ2) is 6.29. The number of hydrogen-bond donors (Lipinski definition) is 0. The number of nitrogens with zero attached hydrogens (tertiary/aromatic N) is 4. The standard InChI is InChI=1S/C14H15ClN4O3S/c15-23(21,22)8-12-5-14(20)19(7-12)13-3-1-2-11(4-13)6-18-10-16-9-17-18/h1-4,9-10,12H,5-8H2. The van der Waals surface area contributed by atoms with Crippen LogP contribution in [-0.4, -0.2) is 41.4 Å². The van der Waals surface area contributed by atoms with Crippen LogP contribution in [0.25, 0.3) is 0 Å². The third-order valence-corrected chi connectivity index (χ3v) is 4.92. The second-order valence-electron chi connectivity index (χ2n) is 5.54.